The fourth-order valence-electron chi connectivity index (χ4n) is 1.52. The number of fused-ring (bicyclic) bond motifs is 1. The summed E-state index contributed by atoms with van der Waals surface area (Å²) in [6.45, 7) is 3.01. The summed E-state index contributed by atoms with van der Waals surface area (Å²) in [5.74, 6) is 1.06. The van der Waals surface area contributed by atoms with Gasteiger partial charge in [-0.2, -0.15) is 5.10 Å². The van der Waals surface area contributed by atoms with Gasteiger partial charge in [-0.05, 0) is 25.7 Å². The summed E-state index contributed by atoms with van der Waals surface area (Å²) in [6.07, 6.45) is 1.15. The Morgan fingerprint density at radius 2 is 2.33 bits per heavy atom. The second-order valence-electron chi connectivity index (χ2n) is 3.19. The van der Waals surface area contributed by atoms with E-state index in [1.54, 1.807) is 0 Å². The molecule has 1 aliphatic rings. The van der Waals surface area contributed by atoms with Gasteiger partial charge in [0.05, 0.1) is 6.54 Å². The predicted octanol–water partition coefficient (Wildman–Crippen LogP) is 0.776. The zero-order chi connectivity index (χ0) is 8.55. The van der Waals surface area contributed by atoms with Crippen molar-refractivity contribution in [2.24, 2.45) is 0 Å². The van der Waals surface area contributed by atoms with Gasteiger partial charge in [-0.15, -0.1) is 0 Å². The van der Waals surface area contributed by atoms with Gasteiger partial charge < -0.3 is 4.57 Å². The van der Waals surface area contributed by atoms with Gasteiger partial charge in [-0.1, -0.05) is 0 Å². The average Bonchev–Trinajstić information content (AvgIpc) is 2.31. The van der Waals surface area contributed by atoms with Gasteiger partial charge in [0.1, 0.15) is 5.82 Å². The van der Waals surface area contributed by atoms with Crippen molar-refractivity contribution < 1.29 is 0 Å². The Bertz CT molecular complexity index is 326. The van der Waals surface area contributed by atoms with Crippen LogP contribution in [0.5, 0.6) is 0 Å². The van der Waals surface area contributed by atoms with Crippen LogP contribution in [0.1, 0.15) is 12.2 Å². The fourth-order valence-corrected chi connectivity index (χ4v) is 1.76. The van der Waals surface area contributed by atoms with Crippen LogP contribution in [-0.4, -0.2) is 33.3 Å². The molecular formula is C7H12N4S. The minimum atomic E-state index is 0.750. The van der Waals surface area contributed by atoms with Crippen molar-refractivity contribution in [3.05, 3.63) is 10.6 Å². The maximum Gasteiger partial charge on any atom is 0.195 e. The highest BCUT2D eigenvalue weighted by molar-refractivity contribution is 7.71. The first-order chi connectivity index (χ1) is 5.77. The fraction of sp³-hybridized carbons (Fsp3) is 0.714. The molecule has 66 valence electrons. The molecule has 1 aromatic rings. The quantitative estimate of drug-likeness (QED) is 0.605. The highest BCUT2D eigenvalue weighted by Crippen LogP contribution is 2.08. The number of rotatable bonds is 0. The summed E-state index contributed by atoms with van der Waals surface area (Å²) in [7, 11) is 2.10. The van der Waals surface area contributed by atoms with Gasteiger partial charge >= 0.3 is 0 Å². The van der Waals surface area contributed by atoms with Crippen LogP contribution >= 0.6 is 12.2 Å². The molecule has 0 radical (unpaired) electrons. The maximum absolute atomic E-state index is 5.10. The molecule has 0 fully saturated rings. The summed E-state index contributed by atoms with van der Waals surface area (Å²) in [5.41, 5.74) is 0. The van der Waals surface area contributed by atoms with E-state index >= 15 is 0 Å². The summed E-state index contributed by atoms with van der Waals surface area (Å²) >= 11 is 5.10. The Morgan fingerprint density at radius 3 is 3.17 bits per heavy atom. The highest BCUT2D eigenvalue weighted by Gasteiger charge is 2.12. The van der Waals surface area contributed by atoms with Crippen LogP contribution < -0.4 is 0 Å². The number of hydrogen-bond acceptors (Lipinski definition) is 3. The van der Waals surface area contributed by atoms with Gasteiger partial charge in [-0.3, -0.25) is 10.00 Å². The molecule has 0 saturated heterocycles. The van der Waals surface area contributed by atoms with E-state index in [0.717, 1.165) is 36.7 Å². The molecule has 12 heavy (non-hydrogen) atoms. The van der Waals surface area contributed by atoms with Crippen LogP contribution in [0, 0.1) is 4.77 Å². The number of hydrogen-bond donors (Lipinski definition) is 1. The summed E-state index contributed by atoms with van der Waals surface area (Å²) in [5, 5.41) is 6.99. The van der Waals surface area contributed by atoms with E-state index in [1.807, 2.05) is 0 Å². The molecule has 0 bridgehead atoms. The number of nitrogens with zero attached hydrogens (tertiary/aromatic N) is 3. The standard InChI is InChI=1S/C7H12N4S/c1-10-3-2-4-11-6(5-10)8-9-7(11)12/h2-5H2,1H3,(H,9,12). The van der Waals surface area contributed by atoms with Crippen LogP contribution in [0.4, 0.5) is 0 Å². The van der Waals surface area contributed by atoms with Crippen molar-refractivity contribution in [1.82, 2.24) is 19.7 Å². The third-order valence-electron chi connectivity index (χ3n) is 2.17. The third kappa shape index (κ3) is 1.30. The number of aromatic nitrogens is 3. The lowest BCUT2D eigenvalue weighted by molar-refractivity contribution is 0.328. The molecule has 1 N–H and O–H groups in total. The molecule has 0 unspecified atom stereocenters. The van der Waals surface area contributed by atoms with Crippen LogP contribution in [0.25, 0.3) is 0 Å². The van der Waals surface area contributed by atoms with Crippen molar-refractivity contribution in [2.45, 2.75) is 19.5 Å². The van der Waals surface area contributed by atoms with E-state index in [4.69, 9.17) is 12.2 Å². The van der Waals surface area contributed by atoms with E-state index in [1.165, 1.54) is 0 Å². The Morgan fingerprint density at radius 1 is 1.50 bits per heavy atom. The van der Waals surface area contributed by atoms with Crippen molar-refractivity contribution in [3.8, 4) is 0 Å². The van der Waals surface area contributed by atoms with E-state index in [-0.39, 0.29) is 0 Å². The Balaban J connectivity index is 2.39. The van der Waals surface area contributed by atoms with Crippen LogP contribution in [0.15, 0.2) is 0 Å². The topological polar surface area (TPSA) is 36.9 Å². The van der Waals surface area contributed by atoms with Gasteiger partial charge in [-0.25, -0.2) is 0 Å². The van der Waals surface area contributed by atoms with Crippen LogP contribution in [0.2, 0.25) is 0 Å². The molecule has 0 amide bonds. The van der Waals surface area contributed by atoms with E-state index in [0.29, 0.717) is 0 Å². The van der Waals surface area contributed by atoms with Gasteiger partial charge in [0, 0.05) is 13.1 Å². The molecule has 4 nitrogen and oxygen atoms in total. The molecule has 2 rings (SSSR count). The molecule has 2 heterocycles. The number of H-pyrrole nitrogens is 1. The molecule has 0 atom stereocenters. The van der Waals surface area contributed by atoms with Gasteiger partial charge in [0.25, 0.3) is 0 Å². The molecule has 1 aromatic heterocycles. The van der Waals surface area contributed by atoms with E-state index in [9.17, 15) is 0 Å². The van der Waals surface area contributed by atoms with E-state index < -0.39 is 0 Å². The lowest BCUT2D eigenvalue weighted by atomic mass is 10.4. The Kier molecular flexibility index (Phi) is 1.98. The highest BCUT2D eigenvalue weighted by atomic mass is 32.1. The molecule has 0 saturated carbocycles. The Labute approximate surface area is 76.2 Å². The van der Waals surface area contributed by atoms with Crippen molar-refractivity contribution in [3.63, 3.8) is 0 Å². The lowest BCUT2D eigenvalue weighted by Gasteiger charge is -2.09. The third-order valence-corrected chi connectivity index (χ3v) is 2.48. The second kappa shape index (κ2) is 2.99. The largest absolute Gasteiger partial charge is 0.303 e. The second-order valence-corrected chi connectivity index (χ2v) is 3.57. The maximum atomic E-state index is 5.10. The van der Waals surface area contributed by atoms with Gasteiger partial charge in [0.15, 0.2) is 4.77 Å². The van der Waals surface area contributed by atoms with Crippen molar-refractivity contribution in [1.29, 1.82) is 0 Å². The minimum Gasteiger partial charge on any atom is -0.303 e. The summed E-state index contributed by atoms with van der Waals surface area (Å²) in [6, 6.07) is 0. The van der Waals surface area contributed by atoms with Crippen LogP contribution in [-0.2, 0) is 13.1 Å². The normalized spacial score (nSPS) is 18.8. The first kappa shape index (κ1) is 7.94. The number of nitrogens with one attached hydrogen (secondary N) is 1. The van der Waals surface area contributed by atoms with Crippen LogP contribution in [0.3, 0.4) is 0 Å². The summed E-state index contributed by atoms with van der Waals surface area (Å²) in [4.78, 5) is 2.26. The molecule has 0 aromatic carbocycles. The molecule has 5 heteroatoms. The lowest BCUT2D eigenvalue weighted by Crippen LogP contribution is -2.17. The first-order valence-corrected chi connectivity index (χ1v) is 4.51. The average molecular weight is 184 g/mol. The SMILES string of the molecule is CN1CCCn2c(n[nH]c2=S)C1. The zero-order valence-corrected chi connectivity index (χ0v) is 7.89. The van der Waals surface area contributed by atoms with Crippen molar-refractivity contribution in [2.75, 3.05) is 13.6 Å². The Hall–Kier alpha value is -0.680. The van der Waals surface area contributed by atoms with E-state index in [2.05, 4.69) is 26.7 Å². The molecule has 0 aliphatic carbocycles. The molecule has 0 spiro atoms. The predicted molar refractivity (Wildman–Crippen MR) is 48.4 cm³/mol. The molecule has 1 aliphatic heterocycles. The monoisotopic (exact) mass is 184 g/mol. The van der Waals surface area contributed by atoms with Crippen molar-refractivity contribution >= 4 is 12.2 Å². The summed E-state index contributed by atoms with van der Waals surface area (Å²) < 4.78 is 2.83. The first-order valence-electron chi connectivity index (χ1n) is 4.10. The van der Waals surface area contributed by atoms with Gasteiger partial charge in [0.2, 0.25) is 0 Å². The molecular weight excluding hydrogens is 172 g/mol. The smallest absolute Gasteiger partial charge is 0.195 e. The minimum absolute atomic E-state index is 0.750. The number of aromatic amines is 1. The zero-order valence-electron chi connectivity index (χ0n) is 7.08.